The molecule has 1 unspecified atom stereocenters. The van der Waals surface area contributed by atoms with Crippen LogP contribution in [-0.4, -0.2) is 61.2 Å². The summed E-state index contributed by atoms with van der Waals surface area (Å²) in [5.41, 5.74) is -2.03. The van der Waals surface area contributed by atoms with Gasteiger partial charge >= 0.3 is 24.0 Å². The average molecular weight is 651 g/mol. The number of aromatic nitrogens is 2. The number of anilines is 1. The number of carbonyl (C=O) groups is 2. The second-order valence-electron chi connectivity index (χ2n) is 10.6. The molecule has 1 aliphatic rings. The van der Waals surface area contributed by atoms with Crippen molar-refractivity contribution >= 4 is 27.5 Å². The maximum absolute atomic E-state index is 15.4. The molecular formula is C26H24F6N4O7S. The van der Waals surface area contributed by atoms with Crippen molar-refractivity contribution in [2.45, 2.75) is 55.9 Å². The summed E-state index contributed by atoms with van der Waals surface area (Å²) >= 11 is 0. The number of ether oxygens (including phenoxy) is 2. The molecule has 2 heterocycles. The van der Waals surface area contributed by atoms with Gasteiger partial charge in [0.15, 0.2) is 9.84 Å². The lowest BCUT2D eigenvalue weighted by molar-refractivity contribution is -0.342. The van der Waals surface area contributed by atoms with Crippen LogP contribution >= 0.6 is 0 Å². The SMILES string of the molecule is COC(F)(c1nc(-c2cc3c(cc2F)S(=O)(=O)C[C@H](NC(=O)OC(C)(C)C)C(=O)N3Cc2ccc(F)cc2)no1)C(F)(F)F. The molecule has 1 N–H and O–H groups in total. The van der Waals surface area contributed by atoms with Crippen molar-refractivity contribution in [1.82, 2.24) is 15.5 Å². The van der Waals surface area contributed by atoms with Gasteiger partial charge < -0.3 is 24.2 Å². The first-order valence-electron chi connectivity index (χ1n) is 12.5. The Bertz CT molecular complexity index is 1690. The lowest BCUT2D eigenvalue weighted by atomic mass is 10.1. The van der Waals surface area contributed by atoms with Crippen LogP contribution in [0, 0.1) is 11.6 Å². The van der Waals surface area contributed by atoms with Crippen molar-refractivity contribution in [3.63, 3.8) is 0 Å². The molecule has 3 aromatic rings. The molecule has 18 heteroatoms. The summed E-state index contributed by atoms with van der Waals surface area (Å²) in [6.07, 6.45) is -6.82. The minimum Gasteiger partial charge on any atom is -0.444 e. The molecule has 1 aromatic heterocycles. The number of hydrogen-bond donors (Lipinski definition) is 1. The van der Waals surface area contributed by atoms with E-state index in [-0.39, 0.29) is 5.56 Å². The molecule has 0 saturated heterocycles. The zero-order valence-electron chi connectivity index (χ0n) is 23.3. The fraction of sp³-hybridized carbons (Fsp3) is 0.385. The van der Waals surface area contributed by atoms with E-state index >= 15 is 4.39 Å². The number of fused-ring (bicyclic) bond motifs is 1. The Morgan fingerprint density at radius 3 is 2.32 bits per heavy atom. The number of hydrogen-bond acceptors (Lipinski definition) is 9. The number of amides is 2. The highest BCUT2D eigenvalue weighted by Crippen LogP contribution is 2.43. The first-order chi connectivity index (χ1) is 20.3. The van der Waals surface area contributed by atoms with Gasteiger partial charge in [0.1, 0.15) is 23.3 Å². The number of alkyl halides is 4. The zero-order valence-corrected chi connectivity index (χ0v) is 24.1. The van der Waals surface area contributed by atoms with Crippen molar-refractivity contribution < 1.29 is 58.3 Å². The van der Waals surface area contributed by atoms with E-state index in [2.05, 4.69) is 24.7 Å². The summed E-state index contributed by atoms with van der Waals surface area (Å²) in [5, 5.41) is 5.39. The number of carbonyl (C=O) groups excluding carboxylic acids is 2. The normalized spacial score (nSPS) is 18.3. The lowest BCUT2D eigenvalue weighted by Crippen LogP contribution is -2.51. The first-order valence-corrected chi connectivity index (χ1v) is 14.2. The van der Waals surface area contributed by atoms with Crippen LogP contribution in [0.15, 0.2) is 45.8 Å². The van der Waals surface area contributed by atoms with Gasteiger partial charge in [0.25, 0.3) is 5.91 Å². The molecule has 238 valence electrons. The Hall–Kier alpha value is -4.19. The standard InChI is InChI=1S/C26H24F6N4O7S/c1-24(2,3)42-23(38)33-17-12-44(39,40)19-10-16(28)15(20-34-22(43-35-20)25(29,41-4)26(30,31)32)9-18(19)36(21(17)37)11-13-5-7-14(27)8-6-13/h5-10,17H,11-12H2,1-4H3,(H,33,38)/t17-,25?/m0/s1. The molecule has 11 nitrogen and oxygen atoms in total. The molecule has 0 saturated carbocycles. The highest BCUT2D eigenvalue weighted by atomic mass is 32.2. The Kier molecular flexibility index (Phi) is 8.47. The van der Waals surface area contributed by atoms with Crippen LogP contribution in [0.4, 0.5) is 36.8 Å². The third-order valence-electron chi connectivity index (χ3n) is 6.16. The third kappa shape index (κ3) is 6.50. The Labute approximate surface area is 246 Å². The van der Waals surface area contributed by atoms with Crippen molar-refractivity contribution in [1.29, 1.82) is 0 Å². The summed E-state index contributed by atoms with van der Waals surface area (Å²) < 4.78 is 124. The predicted octanol–water partition coefficient (Wildman–Crippen LogP) is 4.56. The molecular weight excluding hydrogens is 626 g/mol. The van der Waals surface area contributed by atoms with E-state index < -0.39 is 97.3 Å². The van der Waals surface area contributed by atoms with Gasteiger partial charge in [-0.25, -0.2) is 22.0 Å². The van der Waals surface area contributed by atoms with Crippen LogP contribution in [0.1, 0.15) is 32.2 Å². The number of methoxy groups -OCH3 is 1. The number of halogens is 6. The van der Waals surface area contributed by atoms with Gasteiger partial charge in [-0.05, 0) is 50.6 Å². The predicted molar refractivity (Wildman–Crippen MR) is 138 cm³/mol. The Balaban J connectivity index is 1.86. The van der Waals surface area contributed by atoms with E-state index in [1.54, 1.807) is 0 Å². The summed E-state index contributed by atoms with van der Waals surface area (Å²) in [6.45, 7) is 4.13. The van der Waals surface area contributed by atoms with Crippen LogP contribution in [-0.2, 0) is 36.5 Å². The summed E-state index contributed by atoms with van der Waals surface area (Å²) in [7, 11) is -4.19. The topological polar surface area (TPSA) is 141 Å². The van der Waals surface area contributed by atoms with Crippen LogP contribution in [0.2, 0.25) is 0 Å². The van der Waals surface area contributed by atoms with Gasteiger partial charge in [-0.2, -0.15) is 22.5 Å². The molecule has 2 atom stereocenters. The van der Waals surface area contributed by atoms with Gasteiger partial charge in [-0.3, -0.25) is 4.79 Å². The highest BCUT2D eigenvalue weighted by Gasteiger charge is 2.63. The maximum atomic E-state index is 15.4. The highest BCUT2D eigenvalue weighted by molar-refractivity contribution is 7.91. The van der Waals surface area contributed by atoms with Gasteiger partial charge in [0, 0.05) is 7.11 Å². The number of benzene rings is 2. The van der Waals surface area contributed by atoms with Crippen LogP contribution < -0.4 is 10.2 Å². The minimum absolute atomic E-state index is 0.265. The molecule has 0 spiro atoms. The second-order valence-corrected chi connectivity index (χ2v) is 12.6. The number of sulfone groups is 1. The van der Waals surface area contributed by atoms with Crippen LogP contribution in [0.25, 0.3) is 11.4 Å². The quantitative estimate of drug-likeness (QED) is 0.380. The summed E-state index contributed by atoms with van der Waals surface area (Å²) in [5.74, 6) is -11.3. The number of rotatable bonds is 6. The minimum atomic E-state index is -5.68. The number of nitrogens with zero attached hydrogens (tertiary/aromatic N) is 3. The van der Waals surface area contributed by atoms with Crippen molar-refractivity contribution in [2.24, 2.45) is 0 Å². The van der Waals surface area contributed by atoms with Gasteiger partial charge in [0.2, 0.25) is 5.82 Å². The smallest absolute Gasteiger partial charge is 0.444 e. The second kappa shape index (κ2) is 11.4. The van der Waals surface area contributed by atoms with E-state index in [1.165, 1.54) is 32.9 Å². The average Bonchev–Trinajstić information content (AvgIpc) is 3.38. The monoisotopic (exact) mass is 650 g/mol. The van der Waals surface area contributed by atoms with E-state index in [9.17, 15) is 40.0 Å². The Morgan fingerprint density at radius 1 is 1.11 bits per heavy atom. The maximum Gasteiger partial charge on any atom is 0.458 e. The molecule has 1 aliphatic heterocycles. The molecule has 0 bridgehead atoms. The number of nitrogens with one attached hydrogen (secondary N) is 1. The van der Waals surface area contributed by atoms with E-state index in [0.29, 0.717) is 13.2 Å². The lowest BCUT2D eigenvalue weighted by Gasteiger charge is -2.27. The van der Waals surface area contributed by atoms with Gasteiger partial charge in [-0.1, -0.05) is 17.3 Å². The molecule has 0 radical (unpaired) electrons. The first kappa shape index (κ1) is 32.7. The van der Waals surface area contributed by atoms with Crippen molar-refractivity contribution in [2.75, 3.05) is 17.8 Å². The summed E-state index contributed by atoms with van der Waals surface area (Å²) in [6, 6.07) is 4.12. The molecule has 44 heavy (non-hydrogen) atoms. The molecule has 0 fully saturated rings. The summed E-state index contributed by atoms with van der Waals surface area (Å²) in [4.78, 5) is 29.6. The fourth-order valence-electron chi connectivity index (χ4n) is 4.14. The third-order valence-corrected chi connectivity index (χ3v) is 7.93. The molecule has 2 amide bonds. The van der Waals surface area contributed by atoms with Crippen LogP contribution in [0.3, 0.4) is 0 Å². The molecule has 2 aromatic carbocycles. The zero-order chi connectivity index (χ0) is 32.8. The van der Waals surface area contributed by atoms with Crippen LogP contribution in [0.5, 0.6) is 0 Å². The van der Waals surface area contributed by atoms with Crippen molar-refractivity contribution in [3.8, 4) is 11.4 Å². The van der Waals surface area contributed by atoms with Gasteiger partial charge in [-0.15, -0.1) is 0 Å². The van der Waals surface area contributed by atoms with Gasteiger partial charge in [0.05, 0.1) is 28.4 Å². The van der Waals surface area contributed by atoms with E-state index in [4.69, 9.17) is 4.74 Å². The number of alkyl carbamates (subject to hydrolysis) is 1. The fourth-order valence-corrected chi connectivity index (χ4v) is 5.75. The largest absolute Gasteiger partial charge is 0.458 e. The van der Waals surface area contributed by atoms with E-state index in [0.717, 1.165) is 23.1 Å². The Morgan fingerprint density at radius 2 is 1.75 bits per heavy atom. The molecule has 4 rings (SSSR count). The van der Waals surface area contributed by atoms with Crippen molar-refractivity contribution in [3.05, 3.63) is 59.5 Å². The molecule has 0 aliphatic carbocycles. The van der Waals surface area contributed by atoms with E-state index in [1.807, 2.05) is 0 Å².